The summed E-state index contributed by atoms with van der Waals surface area (Å²) in [5.41, 5.74) is 3.44. The van der Waals surface area contributed by atoms with Crippen molar-refractivity contribution in [1.82, 2.24) is 24.5 Å². The first-order valence-corrected chi connectivity index (χ1v) is 12.4. The maximum Gasteiger partial charge on any atom is 0.254 e. The number of nitrogens with zero attached hydrogens (tertiary/aromatic N) is 5. The number of halogens is 2. The van der Waals surface area contributed by atoms with E-state index in [1.165, 1.54) is 27.8 Å². The molecule has 2 aromatic heterocycles. The minimum atomic E-state index is -0.848. The van der Waals surface area contributed by atoms with Crippen LogP contribution >= 0.6 is 23.2 Å². The first-order valence-electron chi connectivity index (χ1n) is 11.6. The molecule has 2 heterocycles. The molecule has 0 fully saturated rings. The number of hydrogen-bond acceptors (Lipinski definition) is 5. The maximum absolute atomic E-state index is 13.4. The molecule has 0 saturated carbocycles. The molecule has 10 heteroatoms. The first-order chi connectivity index (χ1) is 18.4. The second-order valence-corrected chi connectivity index (χ2v) is 9.38. The van der Waals surface area contributed by atoms with Gasteiger partial charge in [0.25, 0.3) is 5.56 Å². The fourth-order valence-electron chi connectivity index (χ4n) is 4.03. The summed E-state index contributed by atoms with van der Waals surface area (Å²) in [5, 5.41) is 11.4. The molecule has 5 aromatic rings. The standard InChI is InChI=1S/C28H21Cl2N6O2/c1-18-7-10-21(11-8-18)32-28(38)25(13-19-5-3-2-4-6-19)35-17-31-23(15-27(35)37)22-14-20(29)9-12-24(22)36-16-26(30)33-34-36/h2-12,14-17,25H,1,13H2,(H,32,38)/t25-/m0/s1. The lowest BCUT2D eigenvalue weighted by Gasteiger charge is -2.20. The number of amides is 1. The zero-order valence-corrected chi connectivity index (χ0v) is 21.5. The highest BCUT2D eigenvalue weighted by atomic mass is 35.5. The number of benzene rings is 3. The van der Waals surface area contributed by atoms with Crippen LogP contribution in [0.15, 0.2) is 96.2 Å². The summed E-state index contributed by atoms with van der Waals surface area (Å²) < 4.78 is 2.81. The normalized spacial score (nSPS) is 11.8. The Morgan fingerprint density at radius 3 is 2.45 bits per heavy atom. The van der Waals surface area contributed by atoms with Crippen LogP contribution in [0.2, 0.25) is 10.2 Å². The average Bonchev–Trinajstić information content (AvgIpc) is 3.35. The van der Waals surface area contributed by atoms with Gasteiger partial charge in [-0.05, 0) is 48.4 Å². The van der Waals surface area contributed by atoms with E-state index < -0.39 is 11.6 Å². The summed E-state index contributed by atoms with van der Waals surface area (Å²) in [6.07, 6.45) is 3.21. The van der Waals surface area contributed by atoms with E-state index in [0.717, 1.165) is 11.1 Å². The van der Waals surface area contributed by atoms with Gasteiger partial charge in [-0.1, -0.05) is 70.9 Å². The van der Waals surface area contributed by atoms with Gasteiger partial charge >= 0.3 is 0 Å². The van der Waals surface area contributed by atoms with Crippen LogP contribution in [0.3, 0.4) is 0 Å². The van der Waals surface area contributed by atoms with Crippen molar-refractivity contribution >= 4 is 34.8 Å². The van der Waals surface area contributed by atoms with Crippen molar-refractivity contribution in [3.05, 3.63) is 130 Å². The van der Waals surface area contributed by atoms with Crippen LogP contribution in [0.5, 0.6) is 0 Å². The van der Waals surface area contributed by atoms with Crippen LogP contribution in [-0.2, 0) is 11.2 Å². The Morgan fingerprint density at radius 2 is 1.76 bits per heavy atom. The van der Waals surface area contributed by atoms with Gasteiger partial charge in [0.05, 0.1) is 23.9 Å². The lowest BCUT2D eigenvalue weighted by atomic mass is 10.0. The Kier molecular flexibility index (Phi) is 7.35. The molecule has 1 amide bonds. The van der Waals surface area contributed by atoms with E-state index in [9.17, 15) is 9.59 Å². The SMILES string of the molecule is [CH2]c1ccc(NC(=O)[C@H](Cc2ccccc2)n2cnc(-c3cc(Cl)ccc3-n3cc(Cl)nn3)cc2=O)cc1. The molecule has 0 bridgehead atoms. The predicted molar refractivity (Wildman–Crippen MR) is 148 cm³/mol. The Morgan fingerprint density at radius 1 is 1.00 bits per heavy atom. The monoisotopic (exact) mass is 543 g/mol. The number of aromatic nitrogens is 5. The van der Waals surface area contributed by atoms with Gasteiger partial charge in [-0.3, -0.25) is 14.2 Å². The Balaban J connectivity index is 1.53. The summed E-state index contributed by atoms with van der Waals surface area (Å²) in [7, 11) is 0. The molecule has 0 spiro atoms. The van der Waals surface area contributed by atoms with Crippen molar-refractivity contribution in [3.63, 3.8) is 0 Å². The molecule has 3 aromatic carbocycles. The first kappa shape index (κ1) is 25.4. The van der Waals surface area contributed by atoms with E-state index >= 15 is 0 Å². The van der Waals surface area contributed by atoms with Crippen molar-refractivity contribution in [2.24, 2.45) is 0 Å². The highest BCUT2D eigenvalue weighted by Crippen LogP contribution is 2.28. The van der Waals surface area contributed by atoms with Gasteiger partial charge in [0.2, 0.25) is 5.91 Å². The van der Waals surface area contributed by atoms with Crippen LogP contribution < -0.4 is 10.9 Å². The van der Waals surface area contributed by atoms with Crippen LogP contribution in [-0.4, -0.2) is 30.5 Å². The van der Waals surface area contributed by atoms with E-state index in [0.29, 0.717) is 34.1 Å². The molecule has 0 aliphatic carbocycles. The predicted octanol–water partition coefficient (Wildman–Crippen LogP) is 5.40. The topological polar surface area (TPSA) is 94.7 Å². The third kappa shape index (κ3) is 5.66. The molecular formula is C28H21Cl2N6O2. The van der Waals surface area contributed by atoms with Crippen LogP contribution in [0.4, 0.5) is 5.69 Å². The third-order valence-electron chi connectivity index (χ3n) is 5.91. The number of carbonyl (C=O) groups excluding carboxylic acids is 1. The quantitative estimate of drug-likeness (QED) is 0.296. The fourth-order valence-corrected chi connectivity index (χ4v) is 4.33. The van der Waals surface area contributed by atoms with Crippen molar-refractivity contribution < 1.29 is 4.79 Å². The lowest BCUT2D eigenvalue weighted by Crippen LogP contribution is -2.34. The molecule has 189 valence electrons. The van der Waals surface area contributed by atoms with E-state index in [1.54, 1.807) is 42.5 Å². The Bertz CT molecular complexity index is 1650. The minimum absolute atomic E-state index is 0.217. The van der Waals surface area contributed by atoms with Gasteiger partial charge in [0.1, 0.15) is 6.04 Å². The molecule has 1 radical (unpaired) electrons. The Labute approximate surface area is 228 Å². The summed E-state index contributed by atoms with van der Waals surface area (Å²) in [6, 6.07) is 22.2. The smallest absolute Gasteiger partial charge is 0.254 e. The molecule has 38 heavy (non-hydrogen) atoms. The van der Waals surface area contributed by atoms with Gasteiger partial charge in [0.15, 0.2) is 5.15 Å². The number of carbonyl (C=O) groups is 1. The molecule has 1 atom stereocenters. The molecule has 5 rings (SSSR count). The third-order valence-corrected chi connectivity index (χ3v) is 6.32. The second-order valence-electron chi connectivity index (χ2n) is 8.56. The van der Waals surface area contributed by atoms with Crippen LogP contribution in [0, 0.1) is 6.92 Å². The Hall–Kier alpha value is -4.27. The van der Waals surface area contributed by atoms with Gasteiger partial charge in [-0.2, -0.15) is 0 Å². The van der Waals surface area contributed by atoms with Gasteiger partial charge in [0, 0.05) is 28.8 Å². The van der Waals surface area contributed by atoms with E-state index in [2.05, 4.69) is 27.5 Å². The van der Waals surface area contributed by atoms with E-state index in [4.69, 9.17) is 23.2 Å². The van der Waals surface area contributed by atoms with E-state index in [-0.39, 0.29) is 11.1 Å². The zero-order valence-electron chi connectivity index (χ0n) is 20.0. The van der Waals surface area contributed by atoms with Crippen molar-refractivity contribution in [2.75, 3.05) is 5.32 Å². The molecule has 0 saturated heterocycles. The minimum Gasteiger partial charge on any atom is -0.324 e. The highest BCUT2D eigenvalue weighted by Gasteiger charge is 2.23. The number of anilines is 1. The van der Waals surface area contributed by atoms with Crippen molar-refractivity contribution in [1.29, 1.82) is 0 Å². The molecule has 0 unspecified atom stereocenters. The van der Waals surface area contributed by atoms with Gasteiger partial charge < -0.3 is 5.32 Å². The number of rotatable bonds is 7. The second kappa shape index (κ2) is 11.0. The lowest BCUT2D eigenvalue weighted by molar-refractivity contribution is -0.119. The van der Waals surface area contributed by atoms with Gasteiger partial charge in [-0.25, -0.2) is 9.67 Å². The average molecular weight is 544 g/mol. The molecular weight excluding hydrogens is 523 g/mol. The summed E-state index contributed by atoms with van der Waals surface area (Å²) in [6.45, 7) is 3.87. The van der Waals surface area contributed by atoms with Crippen LogP contribution in [0.25, 0.3) is 16.9 Å². The van der Waals surface area contributed by atoms with E-state index in [1.807, 2.05) is 30.3 Å². The molecule has 1 N–H and O–H groups in total. The van der Waals surface area contributed by atoms with Crippen LogP contribution in [0.1, 0.15) is 17.2 Å². The van der Waals surface area contributed by atoms with Crippen molar-refractivity contribution in [3.8, 4) is 16.9 Å². The largest absolute Gasteiger partial charge is 0.324 e. The summed E-state index contributed by atoms with van der Waals surface area (Å²) >= 11 is 12.2. The van der Waals surface area contributed by atoms with Crippen molar-refractivity contribution in [2.45, 2.75) is 12.5 Å². The highest BCUT2D eigenvalue weighted by molar-refractivity contribution is 6.31. The molecule has 8 nitrogen and oxygen atoms in total. The number of nitrogens with one attached hydrogen (secondary N) is 1. The summed E-state index contributed by atoms with van der Waals surface area (Å²) in [4.78, 5) is 31.4. The fraction of sp³-hybridized carbons (Fsp3) is 0.0714. The number of hydrogen-bond donors (Lipinski definition) is 1. The zero-order chi connectivity index (χ0) is 26.6. The summed E-state index contributed by atoms with van der Waals surface area (Å²) in [5.74, 6) is -0.344. The van der Waals surface area contributed by atoms with Gasteiger partial charge in [-0.15, -0.1) is 5.10 Å². The molecule has 0 aliphatic heterocycles. The molecule has 0 aliphatic rings. The maximum atomic E-state index is 13.4.